The van der Waals surface area contributed by atoms with Crippen molar-refractivity contribution in [3.05, 3.63) is 95.8 Å². The Morgan fingerprint density at radius 1 is 0.925 bits per heavy atom. The van der Waals surface area contributed by atoms with Crippen LogP contribution in [0, 0.1) is 43.2 Å². The molecule has 1 aromatic heterocycles. The number of hydrogen-bond acceptors (Lipinski definition) is 10. The third kappa shape index (κ3) is 7.31. The summed E-state index contributed by atoms with van der Waals surface area (Å²) >= 11 is 0. The molecule has 1 atom stereocenters. The number of nitrogens with zero attached hydrogens (tertiary/aromatic N) is 4. The van der Waals surface area contributed by atoms with Gasteiger partial charge in [-0.1, -0.05) is 13.8 Å². The molecule has 0 bridgehead atoms. The van der Waals surface area contributed by atoms with Crippen LogP contribution in [0.15, 0.2) is 58.0 Å². The summed E-state index contributed by atoms with van der Waals surface area (Å²) in [4.78, 5) is 56.6. The number of furan rings is 1. The van der Waals surface area contributed by atoms with Crippen LogP contribution in [0.2, 0.25) is 0 Å². The fourth-order valence-corrected chi connectivity index (χ4v) is 3.72. The van der Waals surface area contributed by atoms with E-state index in [-0.39, 0.29) is 29.3 Å². The summed E-state index contributed by atoms with van der Waals surface area (Å²) in [7, 11) is 0. The van der Waals surface area contributed by atoms with Crippen molar-refractivity contribution in [1.82, 2.24) is 10.7 Å². The lowest BCUT2D eigenvalue weighted by Gasteiger charge is -2.18. The van der Waals surface area contributed by atoms with Crippen LogP contribution >= 0.6 is 0 Å². The van der Waals surface area contributed by atoms with Crippen molar-refractivity contribution in [3.8, 4) is 11.3 Å². The van der Waals surface area contributed by atoms with Crippen LogP contribution in [0.25, 0.3) is 11.3 Å². The van der Waals surface area contributed by atoms with Gasteiger partial charge in [-0.05, 0) is 43.0 Å². The van der Waals surface area contributed by atoms with Crippen LogP contribution < -0.4 is 10.7 Å². The van der Waals surface area contributed by atoms with Gasteiger partial charge in [-0.15, -0.1) is 0 Å². The predicted molar refractivity (Wildman–Crippen MR) is 142 cm³/mol. The monoisotopic (exact) mass is 552 g/mol. The number of hydrazone groups is 1. The molecular formula is C25H24N6O9. The molecule has 1 heterocycles. The van der Waals surface area contributed by atoms with Gasteiger partial charge in [0.15, 0.2) is 0 Å². The number of nitro groups is 3. The van der Waals surface area contributed by atoms with Crippen LogP contribution in [-0.4, -0.2) is 38.8 Å². The van der Waals surface area contributed by atoms with Gasteiger partial charge in [0, 0.05) is 29.8 Å². The van der Waals surface area contributed by atoms with Crippen molar-refractivity contribution in [3.63, 3.8) is 0 Å². The van der Waals surface area contributed by atoms with Crippen LogP contribution in [0.1, 0.15) is 41.9 Å². The van der Waals surface area contributed by atoms with Gasteiger partial charge in [0.25, 0.3) is 28.9 Å². The summed E-state index contributed by atoms with van der Waals surface area (Å²) in [5.41, 5.74) is 1.87. The van der Waals surface area contributed by atoms with E-state index in [4.69, 9.17) is 4.42 Å². The maximum Gasteiger partial charge on any atom is 0.277 e. The number of aryl methyl sites for hydroxylation is 1. The van der Waals surface area contributed by atoms with E-state index < -0.39 is 44.0 Å². The molecule has 0 unspecified atom stereocenters. The van der Waals surface area contributed by atoms with Gasteiger partial charge in [-0.25, -0.2) is 5.43 Å². The molecule has 40 heavy (non-hydrogen) atoms. The summed E-state index contributed by atoms with van der Waals surface area (Å²) in [6.45, 7) is 5.31. The van der Waals surface area contributed by atoms with Crippen LogP contribution in [0.5, 0.6) is 0 Å². The second-order valence-electron chi connectivity index (χ2n) is 9.10. The Kier molecular flexibility index (Phi) is 9.01. The first-order valence-corrected chi connectivity index (χ1v) is 11.8. The Morgan fingerprint density at radius 3 is 2.10 bits per heavy atom. The summed E-state index contributed by atoms with van der Waals surface area (Å²) in [6, 6.07) is 8.92. The van der Waals surface area contributed by atoms with E-state index in [1.807, 2.05) is 0 Å². The van der Waals surface area contributed by atoms with Gasteiger partial charge in [0.1, 0.15) is 17.6 Å². The van der Waals surface area contributed by atoms with Crippen molar-refractivity contribution in [1.29, 1.82) is 0 Å². The van der Waals surface area contributed by atoms with Crippen LogP contribution in [0.4, 0.5) is 17.1 Å². The molecule has 0 radical (unpaired) electrons. The normalized spacial score (nSPS) is 11.8. The summed E-state index contributed by atoms with van der Waals surface area (Å²) in [5.74, 6) is -0.975. The largest absolute Gasteiger partial charge is 0.455 e. The Labute approximate surface area is 226 Å². The van der Waals surface area contributed by atoms with Gasteiger partial charge in [-0.2, -0.15) is 5.10 Å². The molecule has 0 spiro atoms. The number of hydrogen-bond donors (Lipinski definition) is 2. The number of non-ortho nitro benzene ring substituents is 3. The molecule has 3 aromatic rings. The molecule has 0 aliphatic heterocycles. The molecule has 3 rings (SSSR count). The average molecular weight is 553 g/mol. The van der Waals surface area contributed by atoms with Gasteiger partial charge < -0.3 is 9.73 Å². The summed E-state index contributed by atoms with van der Waals surface area (Å²) in [5, 5.41) is 39.5. The van der Waals surface area contributed by atoms with E-state index in [2.05, 4.69) is 15.8 Å². The molecule has 0 fully saturated rings. The molecule has 2 aromatic carbocycles. The predicted octanol–water partition coefficient (Wildman–Crippen LogP) is 4.27. The molecule has 0 saturated heterocycles. The highest BCUT2D eigenvalue weighted by Gasteiger charge is 2.25. The average Bonchev–Trinajstić information content (AvgIpc) is 3.35. The number of nitro benzene ring substituents is 3. The second kappa shape index (κ2) is 12.4. The number of carbonyl (C=O) groups excluding carboxylic acids is 2. The maximum absolute atomic E-state index is 12.8. The minimum atomic E-state index is -1.11. The van der Waals surface area contributed by atoms with Crippen LogP contribution in [-0.2, 0) is 4.79 Å². The van der Waals surface area contributed by atoms with E-state index in [1.165, 1.54) is 18.3 Å². The fraction of sp³-hybridized carbons (Fsp3) is 0.240. The molecule has 208 valence electrons. The zero-order valence-corrected chi connectivity index (χ0v) is 21.5. The van der Waals surface area contributed by atoms with Crippen molar-refractivity contribution >= 4 is 35.1 Å². The highest BCUT2D eigenvalue weighted by atomic mass is 16.6. The van der Waals surface area contributed by atoms with Crippen LogP contribution in [0.3, 0.4) is 0 Å². The fourth-order valence-electron chi connectivity index (χ4n) is 3.72. The first-order chi connectivity index (χ1) is 18.8. The molecule has 2 amide bonds. The zero-order valence-electron chi connectivity index (χ0n) is 21.5. The summed E-state index contributed by atoms with van der Waals surface area (Å²) < 4.78 is 5.69. The first kappa shape index (κ1) is 29.1. The minimum absolute atomic E-state index is 0.0518. The number of nitrogens with one attached hydrogen (secondary N) is 2. The molecule has 2 N–H and O–H groups in total. The standard InChI is InChI=1S/C25H24N6O9/c1-14(2)8-22(27-24(32)16-10-18(30(36)37)12-19(11-16)31(38)39)25(33)28-26-13-20-5-7-23(40-20)21-6-4-17(29(34)35)9-15(21)3/h4-7,9-14,22H,8H2,1-3H3,(H,27,32)(H,28,33)/b26-13-/t22-/m1/s1. The van der Waals surface area contributed by atoms with Crippen molar-refractivity contribution < 1.29 is 28.8 Å². The van der Waals surface area contributed by atoms with Gasteiger partial charge >= 0.3 is 0 Å². The third-order valence-electron chi connectivity index (χ3n) is 5.59. The number of amides is 2. The van der Waals surface area contributed by atoms with E-state index >= 15 is 0 Å². The number of benzene rings is 2. The molecular weight excluding hydrogens is 528 g/mol. The van der Waals surface area contributed by atoms with E-state index in [1.54, 1.807) is 39.0 Å². The Hall–Kier alpha value is -5.47. The maximum atomic E-state index is 12.8. The first-order valence-electron chi connectivity index (χ1n) is 11.8. The van der Waals surface area contributed by atoms with Gasteiger partial charge in [0.05, 0.1) is 32.6 Å². The Morgan fingerprint density at radius 2 is 1.55 bits per heavy atom. The van der Waals surface area contributed by atoms with E-state index in [9.17, 15) is 39.9 Å². The molecule has 15 nitrogen and oxygen atoms in total. The molecule has 0 aliphatic carbocycles. The van der Waals surface area contributed by atoms with E-state index in [0.717, 1.165) is 18.2 Å². The third-order valence-corrected chi connectivity index (χ3v) is 5.59. The highest BCUT2D eigenvalue weighted by Crippen LogP contribution is 2.28. The topological polar surface area (TPSA) is 213 Å². The number of carbonyl (C=O) groups is 2. The van der Waals surface area contributed by atoms with E-state index in [0.29, 0.717) is 16.9 Å². The molecule has 0 aliphatic rings. The van der Waals surface area contributed by atoms with Gasteiger partial charge in [0.2, 0.25) is 0 Å². The summed E-state index contributed by atoms with van der Waals surface area (Å²) in [6.07, 6.45) is 1.40. The quantitative estimate of drug-likeness (QED) is 0.197. The van der Waals surface area contributed by atoms with Crippen molar-refractivity contribution in [2.24, 2.45) is 11.0 Å². The lowest BCUT2D eigenvalue weighted by atomic mass is 10.0. The van der Waals surface area contributed by atoms with Crippen molar-refractivity contribution in [2.45, 2.75) is 33.2 Å². The highest BCUT2D eigenvalue weighted by molar-refractivity contribution is 5.98. The smallest absolute Gasteiger partial charge is 0.277 e. The molecule has 15 heteroatoms. The lowest BCUT2D eigenvalue weighted by molar-refractivity contribution is -0.394. The SMILES string of the molecule is Cc1cc([N+](=O)[O-])ccc1-c1ccc(/C=N\NC(=O)[C@@H](CC(C)C)NC(=O)c2cc([N+](=O)[O-])cc([N+](=O)[O-])c2)o1. The molecule has 0 saturated carbocycles. The second-order valence-corrected chi connectivity index (χ2v) is 9.10. The van der Waals surface area contributed by atoms with Crippen molar-refractivity contribution in [2.75, 3.05) is 0 Å². The zero-order chi connectivity index (χ0) is 29.6. The lowest BCUT2D eigenvalue weighted by Crippen LogP contribution is -2.46. The number of rotatable bonds is 11. The van der Waals surface area contributed by atoms with Gasteiger partial charge in [-0.3, -0.25) is 39.9 Å². The minimum Gasteiger partial charge on any atom is -0.455 e. The Balaban J connectivity index is 1.72. The Bertz CT molecular complexity index is 1480.